The number of para-hydroxylation sites is 1. The van der Waals surface area contributed by atoms with Crippen molar-refractivity contribution in [3.05, 3.63) is 30.3 Å². The average Bonchev–Trinajstić information content (AvgIpc) is 2.39. The lowest BCUT2D eigenvalue weighted by molar-refractivity contribution is -0.130. The maximum absolute atomic E-state index is 12.0. The van der Waals surface area contributed by atoms with Crippen molar-refractivity contribution in [3.63, 3.8) is 0 Å². The number of rotatable bonds is 4. The van der Waals surface area contributed by atoms with E-state index in [9.17, 15) is 9.59 Å². The molecule has 1 rings (SSSR count). The van der Waals surface area contributed by atoms with E-state index in [1.165, 1.54) is 7.05 Å². The van der Waals surface area contributed by atoms with Crippen LogP contribution in [0.4, 0.5) is 4.79 Å². The van der Waals surface area contributed by atoms with E-state index in [2.05, 4.69) is 4.84 Å². The van der Waals surface area contributed by atoms with E-state index in [0.717, 1.165) is 4.90 Å². The number of likely N-dealkylation sites (N-methyl/N-ethyl adjacent to an activating group) is 1. The number of amides is 2. The van der Waals surface area contributed by atoms with Crippen LogP contribution in [0.3, 0.4) is 0 Å². The van der Waals surface area contributed by atoms with Crippen LogP contribution in [-0.4, -0.2) is 30.0 Å². The van der Waals surface area contributed by atoms with Crippen LogP contribution < -0.4 is 9.57 Å². The summed E-state index contributed by atoms with van der Waals surface area (Å²) >= 11 is 5.52. The molecule has 0 bridgehead atoms. The minimum Gasteiger partial charge on any atom is -0.410 e. The van der Waals surface area contributed by atoms with Crippen LogP contribution >= 0.6 is 11.8 Å². The maximum atomic E-state index is 12.0. The molecule has 0 radical (unpaired) electrons. The quantitative estimate of drug-likeness (QED) is 0.863. The third-order valence-electron chi connectivity index (χ3n) is 2.60. The van der Waals surface area contributed by atoms with Gasteiger partial charge in [0.05, 0.1) is 0 Å². The van der Waals surface area contributed by atoms with Crippen LogP contribution in [0.25, 0.3) is 0 Å². The summed E-state index contributed by atoms with van der Waals surface area (Å²) in [7, 11) is 1.36. The van der Waals surface area contributed by atoms with Crippen LogP contribution in [0.5, 0.6) is 5.75 Å². The summed E-state index contributed by atoms with van der Waals surface area (Å²) < 4.78 is 5.07. The van der Waals surface area contributed by atoms with E-state index >= 15 is 0 Å². The molecule has 1 aromatic carbocycles. The van der Waals surface area contributed by atoms with Gasteiger partial charge >= 0.3 is 6.09 Å². The fraction of sp³-hybridized carbons (Fsp3) is 0.385. The van der Waals surface area contributed by atoms with Crippen LogP contribution in [0.2, 0.25) is 0 Å². The Bertz CT molecular complexity index is 437. The van der Waals surface area contributed by atoms with Crippen molar-refractivity contribution < 1.29 is 14.3 Å². The Balaban J connectivity index is 2.69. The number of carbonyl (C=O) groups is 2. The van der Waals surface area contributed by atoms with Gasteiger partial charge in [0.15, 0.2) is 0 Å². The first-order valence-electron chi connectivity index (χ1n) is 5.88. The number of hydrogen-bond acceptors (Lipinski definition) is 4. The standard InChI is InChI=1S/C13H17ClN2O3/c1-9(2)11(15-14)12(17)16(3)13(18)19-10-7-5-4-6-8-10/h4-9,11,15H,1-3H3. The van der Waals surface area contributed by atoms with Crippen molar-refractivity contribution in [3.8, 4) is 5.75 Å². The normalized spacial score (nSPS) is 12.1. The molecular weight excluding hydrogens is 268 g/mol. The zero-order valence-electron chi connectivity index (χ0n) is 11.1. The highest BCUT2D eigenvalue weighted by atomic mass is 35.5. The fourth-order valence-electron chi connectivity index (χ4n) is 1.41. The van der Waals surface area contributed by atoms with Crippen molar-refractivity contribution in [1.29, 1.82) is 0 Å². The van der Waals surface area contributed by atoms with Crippen molar-refractivity contribution in [2.75, 3.05) is 7.05 Å². The molecule has 0 aliphatic carbocycles. The zero-order chi connectivity index (χ0) is 14.4. The third-order valence-corrected chi connectivity index (χ3v) is 2.84. The monoisotopic (exact) mass is 284 g/mol. The van der Waals surface area contributed by atoms with Gasteiger partial charge in [-0.05, 0) is 29.8 Å². The Labute approximate surface area is 117 Å². The number of hydrogen-bond donors (Lipinski definition) is 1. The highest BCUT2D eigenvalue weighted by Gasteiger charge is 2.28. The Kier molecular flexibility index (Phi) is 5.79. The second kappa shape index (κ2) is 7.11. The summed E-state index contributed by atoms with van der Waals surface area (Å²) in [6, 6.07) is 7.91. The van der Waals surface area contributed by atoms with E-state index in [4.69, 9.17) is 16.5 Å². The SMILES string of the molecule is CC(C)C(NCl)C(=O)N(C)C(=O)Oc1ccccc1. The van der Waals surface area contributed by atoms with E-state index in [-0.39, 0.29) is 5.92 Å². The van der Waals surface area contributed by atoms with Gasteiger partial charge in [-0.3, -0.25) is 4.79 Å². The number of ether oxygens (including phenoxy) is 1. The third kappa shape index (κ3) is 4.22. The first kappa shape index (κ1) is 15.5. The zero-order valence-corrected chi connectivity index (χ0v) is 11.8. The van der Waals surface area contributed by atoms with Crippen LogP contribution in [0.1, 0.15) is 13.8 Å². The van der Waals surface area contributed by atoms with Gasteiger partial charge in [-0.2, -0.15) is 0 Å². The van der Waals surface area contributed by atoms with Gasteiger partial charge in [-0.15, -0.1) is 0 Å². The molecule has 0 aliphatic heterocycles. The second-order valence-electron chi connectivity index (χ2n) is 4.41. The summed E-state index contributed by atoms with van der Waals surface area (Å²) in [5, 5.41) is 0. The van der Waals surface area contributed by atoms with Gasteiger partial charge in [-0.25, -0.2) is 14.5 Å². The van der Waals surface area contributed by atoms with Gasteiger partial charge in [-0.1, -0.05) is 32.0 Å². The average molecular weight is 285 g/mol. The van der Waals surface area contributed by atoms with Gasteiger partial charge < -0.3 is 4.74 Å². The molecule has 2 amide bonds. The van der Waals surface area contributed by atoms with Crippen LogP contribution in [0.15, 0.2) is 30.3 Å². The maximum Gasteiger partial charge on any atom is 0.421 e. The Morgan fingerprint density at radius 2 is 1.84 bits per heavy atom. The molecule has 0 aromatic heterocycles. The fourth-order valence-corrected chi connectivity index (χ4v) is 1.76. The molecule has 104 valence electrons. The lowest BCUT2D eigenvalue weighted by Crippen LogP contribution is -2.48. The van der Waals surface area contributed by atoms with Gasteiger partial charge in [0.2, 0.25) is 5.91 Å². The molecule has 6 heteroatoms. The van der Waals surface area contributed by atoms with Crippen molar-refractivity contribution in [1.82, 2.24) is 9.74 Å². The Morgan fingerprint density at radius 3 is 2.32 bits per heavy atom. The van der Waals surface area contributed by atoms with E-state index in [0.29, 0.717) is 5.75 Å². The molecule has 1 unspecified atom stereocenters. The molecule has 0 fully saturated rings. The summed E-state index contributed by atoms with van der Waals surface area (Å²) in [6.07, 6.45) is -0.742. The first-order chi connectivity index (χ1) is 8.97. The molecule has 0 spiro atoms. The molecule has 0 saturated heterocycles. The lowest BCUT2D eigenvalue weighted by Gasteiger charge is -2.23. The minimum absolute atomic E-state index is 0.0445. The van der Waals surface area contributed by atoms with Crippen molar-refractivity contribution in [2.24, 2.45) is 5.92 Å². The number of halogens is 1. The van der Waals surface area contributed by atoms with Crippen molar-refractivity contribution in [2.45, 2.75) is 19.9 Å². The number of nitrogens with zero attached hydrogens (tertiary/aromatic N) is 1. The molecule has 19 heavy (non-hydrogen) atoms. The number of benzene rings is 1. The summed E-state index contributed by atoms with van der Waals surface area (Å²) in [5.41, 5.74) is 0. The summed E-state index contributed by atoms with van der Waals surface area (Å²) in [5.74, 6) is -0.102. The molecule has 1 atom stereocenters. The Hall–Kier alpha value is -1.59. The number of carbonyl (C=O) groups excluding carboxylic acids is 2. The Morgan fingerprint density at radius 1 is 1.26 bits per heavy atom. The van der Waals surface area contributed by atoms with Gasteiger partial charge in [0, 0.05) is 7.05 Å². The molecule has 0 heterocycles. The first-order valence-corrected chi connectivity index (χ1v) is 6.25. The topological polar surface area (TPSA) is 58.6 Å². The van der Waals surface area contributed by atoms with Crippen molar-refractivity contribution >= 4 is 23.8 Å². The van der Waals surface area contributed by atoms with Gasteiger partial charge in [0.25, 0.3) is 0 Å². The van der Waals surface area contributed by atoms with Crippen LogP contribution in [-0.2, 0) is 4.79 Å². The lowest BCUT2D eigenvalue weighted by atomic mass is 10.0. The van der Waals surface area contributed by atoms with E-state index in [1.54, 1.807) is 30.3 Å². The van der Waals surface area contributed by atoms with E-state index in [1.807, 2.05) is 13.8 Å². The number of nitrogens with one attached hydrogen (secondary N) is 1. The molecule has 5 nitrogen and oxygen atoms in total. The molecular formula is C13H17ClN2O3. The van der Waals surface area contributed by atoms with E-state index < -0.39 is 18.0 Å². The van der Waals surface area contributed by atoms with Crippen LogP contribution in [0, 0.1) is 5.92 Å². The molecule has 0 saturated carbocycles. The second-order valence-corrected chi connectivity index (χ2v) is 4.63. The minimum atomic E-state index is -0.742. The molecule has 1 aromatic rings. The molecule has 0 aliphatic rings. The number of imide groups is 1. The predicted octanol–water partition coefficient (Wildman–Crippen LogP) is 2.41. The smallest absolute Gasteiger partial charge is 0.410 e. The molecule has 1 N–H and O–H groups in total. The highest BCUT2D eigenvalue weighted by Crippen LogP contribution is 2.11. The predicted molar refractivity (Wildman–Crippen MR) is 72.9 cm³/mol. The summed E-state index contributed by atoms with van der Waals surface area (Å²) in [4.78, 5) is 27.1. The highest BCUT2D eigenvalue weighted by molar-refractivity contribution is 6.15. The van der Waals surface area contributed by atoms with Gasteiger partial charge in [0.1, 0.15) is 11.8 Å². The largest absolute Gasteiger partial charge is 0.421 e. The summed E-state index contributed by atoms with van der Waals surface area (Å²) in [6.45, 7) is 3.66.